The summed E-state index contributed by atoms with van der Waals surface area (Å²) in [5, 5.41) is 0. The number of carbonyl (C=O) groups excluding carboxylic acids is 1. The van der Waals surface area contributed by atoms with Gasteiger partial charge in [0.05, 0.1) is 13.5 Å². The molecule has 0 amide bonds. The van der Waals surface area contributed by atoms with Gasteiger partial charge >= 0.3 is 5.97 Å². The van der Waals surface area contributed by atoms with Crippen LogP contribution in [0, 0.1) is 17.5 Å². The molecule has 0 bridgehead atoms. The molecule has 0 unspecified atom stereocenters. The number of carbonyl (C=O) groups is 1. The summed E-state index contributed by atoms with van der Waals surface area (Å²) in [4.78, 5) is 10.7. The number of benzene rings is 1. The monoisotopic (exact) mass is 230 g/mol. The van der Waals surface area contributed by atoms with Crippen molar-refractivity contribution in [1.82, 2.24) is 0 Å². The fraction of sp³-hybridized carbons (Fsp3) is 0.182. The van der Waals surface area contributed by atoms with Gasteiger partial charge in [0.1, 0.15) is 17.5 Å². The van der Waals surface area contributed by atoms with Crippen molar-refractivity contribution in [3.8, 4) is 0 Å². The molecule has 0 N–H and O–H groups in total. The highest BCUT2D eigenvalue weighted by atomic mass is 19.1. The van der Waals surface area contributed by atoms with Crippen LogP contribution in [0.15, 0.2) is 18.2 Å². The molecule has 0 saturated carbocycles. The lowest BCUT2D eigenvalue weighted by Gasteiger charge is -1.99. The molecule has 0 aliphatic rings. The van der Waals surface area contributed by atoms with Crippen LogP contribution in [0.4, 0.5) is 13.2 Å². The van der Waals surface area contributed by atoms with Crippen LogP contribution in [0.2, 0.25) is 0 Å². The zero-order chi connectivity index (χ0) is 12.1. The number of hydrogen-bond donors (Lipinski definition) is 0. The Morgan fingerprint density at radius 1 is 1.31 bits per heavy atom. The third kappa shape index (κ3) is 3.12. The Morgan fingerprint density at radius 2 is 1.88 bits per heavy atom. The molecule has 0 saturated heterocycles. The Labute approximate surface area is 90.3 Å². The third-order valence-corrected chi connectivity index (χ3v) is 1.84. The molecule has 0 radical (unpaired) electrons. The Kier molecular flexibility index (Phi) is 4.10. The zero-order valence-electron chi connectivity index (χ0n) is 8.47. The van der Waals surface area contributed by atoms with Gasteiger partial charge in [-0.2, -0.15) is 0 Å². The summed E-state index contributed by atoms with van der Waals surface area (Å²) >= 11 is 0. The number of ether oxygens (including phenoxy) is 1. The van der Waals surface area contributed by atoms with Crippen LogP contribution in [0.1, 0.15) is 12.0 Å². The molecule has 1 aromatic rings. The van der Waals surface area contributed by atoms with E-state index in [1.54, 1.807) is 0 Å². The normalized spacial score (nSPS) is 10.8. The van der Waals surface area contributed by atoms with E-state index >= 15 is 0 Å². The van der Waals surface area contributed by atoms with E-state index in [4.69, 9.17) is 0 Å². The molecular formula is C11H9F3O2. The summed E-state index contributed by atoms with van der Waals surface area (Å²) in [6.07, 6.45) is 2.21. The summed E-state index contributed by atoms with van der Waals surface area (Å²) in [6.45, 7) is 0. The van der Waals surface area contributed by atoms with Crippen LogP contribution in [0.3, 0.4) is 0 Å². The summed E-state index contributed by atoms with van der Waals surface area (Å²) in [5.74, 6) is -3.54. The number of halogens is 3. The SMILES string of the molecule is COC(=O)CC=Cc1c(F)cc(F)cc1F. The Bertz CT molecular complexity index is 404. The Hall–Kier alpha value is -1.78. The molecule has 0 heterocycles. The van der Waals surface area contributed by atoms with E-state index in [-0.39, 0.29) is 12.0 Å². The maximum Gasteiger partial charge on any atom is 0.309 e. The van der Waals surface area contributed by atoms with Crippen LogP contribution >= 0.6 is 0 Å². The molecule has 0 aliphatic heterocycles. The average Bonchev–Trinajstić information content (AvgIpc) is 2.21. The number of hydrogen-bond acceptors (Lipinski definition) is 2. The van der Waals surface area contributed by atoms with Crippen molar-refractivity contribution in [2.45, 2.75) is 6.42 Å². The van der Waals surface area contributed by atoms with Gasteiger partial charge in [-0.3, -0.25) is 4.79 Å². The average molecular weight is 230 g/mol. The minimum absolute atomic E-state index is 0.104. The second-order valence-corrected chi connectivity index (χ2v) is 2.97. The van der Waals surface area contributed by atoms with Gasteiger partial charge in [-0.05, 0) is 0 Å². The fourth-order valence-corrected chi connectivity index (χ4v) is 1.07. The van der Waals surface area contributed by atoms with E-state index in [9.17, 15) is 18.0 Å². The van der Waals surface area contributed by atoms with E-state index in [0.29, 0.717) is 12.1 Å². The van der Waals surface area contributed by atoms with Crippen molar-refractivity contribution in [2.24, 2.45) is 0 Å². The van der Waals surface area contributed by atoms with Gasteiger partial charge in [-0.15, -0.1) is 0 Å². The van der Waals surface area contributed by atoms with Gasteiger partial charge < -0.3 is 4.74 Å². The van der Waals surface area contributed by atoms with Crippen molar-refractivity contribution >= 4 is 12.0 Å². The molecule has 0 aliphatic carbocycles. The highest BCUT2D eigenvalue weighted by Crippen LogP contribution is 2.16. The standard InChI is InChI=1S/C11H9F3O2/c1-16-11(15)4-2-3-8-9(13)5-7(12)6-10(8)14/h2-3,5-6H,4H2,1H3. The van der Waals surface area contributed by atoms with E-state index in [1.165, 1.54) is 13.2 Å². The summed E-state index contributed by atoms with van der Waals surface area (Å²) in [5.41, 5.74) is -0.384. The van der Waals surface area contributed by atoms with E-state index in [0.717, 1.165) is 6.08 Å². The maximum absolute atomic E-state index is 13.1. The van der Waals surface area contributed by atoms with Gasteiger partial charge in [0, 0.05) is 17.7 Å². The lowest BCUT2D eigenvalue weighted by atomic mass is 10.1. The molecule has 0 aromatic heterocycles. The highest BCUT2D eigenvalue weighted by Gasteiger charge is 2.08. The highest BCUT2D eigenvalue weighted by molar-refractivity contribution is 5.72. The van der Waals surface area contributed by atoms with E-state index in [2.05, 4.69) is 4.74 Å². The molecule has 0 atom stereocenters. The van der Waals surface area contributed by atoms with Crippen molar-refractivity contribution in [2.75, 3.05) is 7.11 Å². The van der Waals surface area contributed by atoms with Gasteiger partial charge in [0.2, 0.25) is 0 Å². The van der Waals surface area contributed by atoms with Crippen LogP contribution < -0.4 is 0 Å². The molecule has 86 valence electrons. The summed E-state index contributed by atoms with van der Waals surface area (Å²) in [7, 11) is 1.20. The first-order valence-corrected chi connectivity index (χ1v) is 4.42. The molecule has 0 fully saturated rings. The number of esters is 1. The predicted octanol–water partition coefficient (Wildman–Crippen LogP) is 2.68. The van der Waals surface area contributed by atoms with Gasteiger partial charge in [0.15, 0.2) is 0 Å². The quantitative estimate of drug-likeness (QED) is 0.746. The molecule has 2 nitrogen and oxygen atoms in total. The van der Waals surface area contributed by atoms with Gasteiger partial charge in [0.25, 0.3) is 0 Å². The van der Waals surface area contributed by atoms with Crippen molar-refractivity contribution in [1.29, 1.82) is 0 Å². The van der Waals surface area contributed by atoms with Crippen LogP contribution in [-0.4, -0.2) is 13.1 Å². The first-order valence-electron chi connectivity index (χ1n) is 4.42. The molecule has 16 heavy (non-hydrogen) atoms. The summed E-state index contributed by atoms with van der Waals surface area (Å²) < 4.78 is 43.0. The topological polar surface area (TPSA) is 26.3 Å². The van der Waals surface area contributed by atoms with Crippen molar-refractivity contribution < 1.29 is 22.7 Å². The first-order chi connectivity index (χ1) is 7.54. The lowest BCUT2D eigenvalue weighted by Crippen LogP contribution is -1.97. The molecule has 1 aromatic carbocycles. The predicted molar refractivity (Wildman–Crippen MR) is 52.0 cm³/mol. The Balaban J connectivity index is 2.85. The largest absolute Gasteiger partial charge is 0.469 e. The van der Waals surface area contributed by atoms with Gasteiger partial charge in [-0.1, -0.05) is 12.2 Å². The smallest absolute Gasteiger partial charge is 0.309 e. The molecule has 5 heteroatoms. The molecule has 1 rings (SSSR count). The molecule has 0 spiro atoms. The van der Waals surface area contributed by atoms with E-state index in [1.807, 2.05) is 0 Å². The minimum Gasteiger partial charge on any atom is -0.469 e. The van der Waals surface area contributed by atoms with Gasteiger partial charge in [-0.25, -0.2) is 13.2 Å². The maximum atomic E-state index is 13.1. The summed E-state index contributed by atoms with van der Waals surface area (Å²) in [6, 6.07) is 1.14. The lowest BCUT2D eigenvalue weighted by molar-refractivity contribution is -0.139. The Morgan fingerprint density at radius 3 is 2.38 bits per heavy atom. The van der Waals surface area contributed by atoms with Crippen molar-refractivity contribution in [3.63, 3.8) is 0 Å². The second kappa shape index (κ2) is 5.34. The van der Waals surface area contributed by atoms with Crippen LogP contribution in [-0.2, 0) is 9.53 Å². The molecular weight excluding hydrogens is 221 g/mol. The van der Waals surface area contributed by atoms with Crippen LogP contribution in [0.5, 0.6) is 0 Å². The van der Waals surface area contributed by atoms with E-state index < -0.39 is 23.4 Å². The second-order valence-electron chi connectivity index (χ2n) is 2.97. The fourth-order valence-electron chi connectivity index (χ4n) is 1.07. The number of methoxy groups -OCH3 is 1. The zero-order valence-corrected chi connectivity index (χ0v) is 8.47. The van der Waals surface area contributed by atoms with Crippen LogP contribution in [0.25, 0.3) is 6.08 Å². The number of rotatable bonds is 3. The van der Waals surface area contributed by atoms with Crippen molar-refractivity contribution in [3.05, 3.63) is 41.2 Å². The first kappa shape index (κ1) is 12.3. The minimum atomic E-state index is -1.02. The third-order valence-electron chi connectivity index (χ3n) is 1.84.